The highest BCUT2D eigenvalue weighted by atomic mass is 35.5. The molecule has 2 fully saturated rings. The first-order valence-electron chi connectivity index (χ1n) is 14.8. The molecule has 6 rings (SSSR count). The summed E-state index contributed by atoms with van der Waals surface area (Å²) in [5.41, 5.74) is 4.82. The van der Waals surface area contributed by atoms with E-state index in [9.17, 15) is 9.59 Å². The van der Waals surface area contributed by atoms with Crippen LogP contribution in [0.15, 0.2) is 54.1 Å². The van der Waals surface area contributed by atoms with Crippen LogP contribution in [0.5, 0.6) is 0 Å². The molecule has 0 spiro atoms. The first kappa shape index (κ1) is 29.0. The largest absolute Gasteiger partial charge is 0.355 e. The summed E-state index contributed by atoms with van der Waals surface area (Å²) in [5, 5.41) is 1.12. The number of nitrogens with zero attached hydrogens (tertiary/aromatic N) is 7. The van der Waals surface area contributed by atoms with Gasteiger partial charge in [-0.3, -0.25) is 4.79 Å². The lowest BCUT2D eigenvalue weighted by Gasteiger charge is -2.44. The molecule has 10 heteroatoms. The van der Waals surface area contributed by atoms with Crippen molar-refractivity contribution in [1.29, 1.82) is 0 Å². The normalized spacial score (nSPS) is 18.9. The van der Waals surface area contributed by atoms with Crippen molar-refractivity contribution in [2.24, 2.45) is 0 Å². The van der Waals surface area contributed by atoms with Crippen LogP contribution in [0, 0.1) is 6.92 Å². The molecule has 1 amide bonds. The van der Waals surface area contributed by atoms with Gasteiger partial charge in [0.15, 0.2) is 5.65 Å². The van der Waals surface area contributed by atoms with E-state index < -0.39 is 5.69 Å². The Bertz CT molecular complexity index is 1790. The Morgan fingerprint density at radius 1 is 1.09 bits per heavy atom. The van der Waals surface area contributed by atoms with E-state index in [1.54, 1.807) is 15.8 Å². The molecule has 1 aliphatic heterocycles. The van der Waals surface area contributed by atoms with Crippen LogP contribution >= 0.6 is 11.6 Å². The molecule has 4 heterocycles. The van der Waals surface area contributed by atoms with Gasteiger partial charge in [0.05, 0.1) is 33.2 Å². The summed E-state index contributed by atoms with van der Waals surface area (Å²) in [6.07, 6.45) is 4.96. The zero-order valence-corrected chi connectivity index (χ0v) is 26.0. The minimum absolute atomic E-state index is 0.0385. The third-order valence-electron chi connectivity index (χ3n) is 8.53. The molecule has 0 radical (unpaired) electrons. The predicted octanol–water partition coefficient (Wildman–Crippen LogP) is 5.81. The number of anilines is 1. The number of fused-ring (bicyclic) bond motifs is 1. The van der Waals surface area contributed by atoms with Gasteiger partial charge in [-0.25, -0.2) is 24.3 Å². The van der Waals surface area contributed by atoms with Gasteiger partial charge in [0.1, 0.15) is 12.1 Å². The Morgan fingerprint density at radius 2 is 1.84 bits per heavy atom. The van der Waals surface area contributed by atoms with Crippen molar-refractivity contribution in [2.45, 2.75) is 71.4 Å². The molecule has 9 nitrogen and oxygen atoms in total. The summed E-state index contributed by atoms with van der Waals surface area (Å²) in [4.78, 5) is 49.9. The zero-order valence-electron chi connectivity index (χ0n) is 25.2. The first-order valence-corrected chi connectivity index (χ1v) is 15.2. The van der Waals surface area contributed by atoms with Gasteiger partial charge in [0.2, 0.25) is 5.91 Å². The number of benzene rings is 1. The molecule has 2 aliphatic rings. The molecule has 222 valence electrons. The van der Waals surface area contributed by atoms with Gasteiger partial charge in [-0.1, -0.05) is 56.3 Å². The van der Waals surface area contributed by atoms with E-state index in [2.05, 4.69) is 35.3 Å². The second-order valence-electron chi connectivity index (χ2n) is 12.0. The number of carbonyl (C=O) groups excluding carboxylic acids is 1. The summed E-state index contributed by atoms with van der Waals surface area (Å²) < 4.78 is 1.60. The second-order valence-corrected chi connectivity index (χ2v) is 12.4. The van der Waals surface area contributed by atoms with Gasteiger partial charge < -0.3 is 9.80 Å². The fourth-order valence-electron chi connectivity index (χ4n) is 6.11. The number of halogens is 1. The number of aromatic nitrogens is 5. The number of carbonyl (C=O) groups is 1. The standard InChI is InChI=1S/C33H36ClN7O2/c1-7-26(42)39-15-21(6)40(16-20(39)5)31-24-14-25(34)29(23-11-9-8-10-19(23)4)37-32(24)41(33(43)38-31)30-27(18(2)3)35-17-36-28(30)22-12-13-22/h7-11,14,17-18,20-22H,1,12-13,15-16H2,2-6H3. The maximum Gasteiger partial charge on any atom is 0.355 e. The van der Waals surface area contributed by atoms with Crippen molar-refractivity contribution in [3.63, 3.8) is 0 Å². The monoisotopic (exact) mass is 597 g/mol. The molecule has 2 unspecified atom stereocenters. The average Bonchev–Trinajstić information content (AvgIpc) is 3.83. The molecule has 43 heavy (non-hydrogen) atoms. The molecule has 1 aromatic carbocycles. The Hall–Kier alpha value is -4.11. The van der Waals surface area contributed by atoms with Gasteiger partial charge >= 0.3 is 5.69 Å². The second kappa shape index (κ2) is 11.2. The maximum absolute atomic E-state index is 14.3. The van der Waals surface area contributed by atoms with Gasteiger partial charge in [0, 0.05) is 36.7 Å². The molecule has 2 atom stereocenters. The van der Waals surface area contributed by atoms with Crippen LogP contribution in [0.25, 0.3) is 28.0 Å². The predicted molar refractivity (Wildman–Crippen MR) is 170 cm³/mol. The van der Waals surface area contributed by atoms with Crippen LogP contribution in [0.2, 0.25) is 5.02 Å². The van der Waals surface area contributed by atoms with E-state index in [0.29, 0.717) is 46.3 Å². The third-order valence-corrected chi connectivity index (χ3v) is 8.82. The Balaban J connectivity index is 1.65. The molecule has 0 bridgehead atoms. The number of piperazine rings is 1. The molecule has 3 aromatic heterocycles. The smallest absolute Gasteiger partial charge is 0.349 e. The zero-order chi connectivity index (χ0) is 30.6. The van der Waals surface area contributed by atoms with Crippen molar-refractivity contribution in [1.82, 2.24) is 29.4 Å². The van der Waals surface area contributed by atoms with Crippen molar-refractivity contribution < 1.29 is 4.79 Å². The maximum atomic E-state index is 14.3. The number of pyridine rings is 1. The molecule has 4 aromatic rings. The van der Waals surface area contributed by atoms with Gasteiger partial charge in [-0.15, -0.1) is 0 Å². The van der Waals surface area contributed by atoms with Crippen LogP contribution in [0.3, 0.4) is 0 Å². The van der Waals surface area contributed by atoms with E-state index in [0.717, 1.165) is 35.4 Å². The lowest BCUT2D eigenvalue weighted by Crippen LogP contribution is -2.58. The third kappa shape index (κ3) is 5.09. The lowest BCUT2D eigenvalue weighted by atomic mass is 10.0. The van der Waals surface area contributed by atoms with Gasteiger partial charge in [0.25, 0.3) is 0 Å². The summed E-state index contributed by atoms with van der Waals surface area (Å²) >= 11 is 7.00. The summed E-state index contributed by atoms with van der Waals surface area (Å²) in [7, 11) is 0. The summed E-state index contributed by atoms with van der Waals surface area (Å²) in [5.74, 6) is 0.689. The van der Waals surface area contributed by atoms with Gasteiger partial charge in [-0.2, -0.15) is 4.98 Å². The van der Waals surface area contributed by atoms with E-state index in [-0.39, 0.29) is 29.8 Å². The minimum Gasteiger partial charge on any atom is -0.349 e. The van der Waals surface area contributed by atoms with Crippen LogP contribution in [-0.4, -0.2) is 60.5 Å². The topological polar surface area (TPSA) is 97.1 Å². The van der Waals surface area contributed by atoms with E-state index in [1.807, 2.05) is 51.1 Å². The number of amides is 1. The van der Waals surface area contributed by atoms with Crippen LogP contribution < -0.4 is 10.6 Å². The van der Waals surface area contributed by atoms with Crippen molar-refractivity contribution in [3.05, 3.63) is 81.8 Å². The average molecular weight is 598 g/mol. The SMILES string of the molecule is C=CC(=O)N1CC(C)N(c2nc(=O)n(-c3c(C(C)C)ncnc3C3CC3)c3nc(-c4ccccc4C)c(Cl)cc23)CC1C. The Morgan fingerprint density at radius 3 is 2.51 bits per heavy atom. The summed E-state index contributed by atoms with van der Waals surface area (Å²) in [6, 6.07) is 9.57. The number of rotatable bonds is 6. The molecular weight excluding hydrogens is 562 g/mol. The molecule has 1 saturated heterocycles. The van der Waals surface area contributed by atoms with E-state index >= 15 is 0 Å². The van der Waals surface area contributed by atoms with E-state index in [4.69, 9.17) is 21.6 Å². The number of hydrogen-bond donors (Lipinski definition) is 0. The van der Waals surface area contributed by atoms with Crippen molar-refractivity contribution in [2.75, 3.05) is 18.0 Å². The Labute approximate surface area is 256 Å². The van der Waals surface area contributed by atoms with Gasteiger partial charge in [-0.05, 0) is 57.2 Å². The minimum atomic E-state index is -0.448. The lowest BCUT2D eigenvalue weighted by molar-refractivity contribution is -0.128. The summed E-state index contributed by atoms with van der Waals surface area (Å²) in [6.45, 7) is 14.8. The van der Waals surface area contributed by atoms with E-state index in [1.165, 1.54) is 6.08 Å². The quantitative estimate of drug-likeness (QED) is 0.259. The van der Waals surface area contributed by atoms with Crippen LogP contribution in [0.4, 0.5) is 5.82 Å². The van der Waals surface area contributed by atoms with Crippen LogP contribution in [-0.2, 0) is 4.79 Å². The number of aryl methyl sites for hydroxylation is 1. The highest BCUT2D eigenvalue weighted by Gasteiger charge is 2.35. The Kier molecular flexibility index (Phi) is 7.54. The number of hydrogen-bond acceptors (Lipinski definition) is 7. The highest BCUT2D eigenvalue weighted by Crippen LogP contribution is 2.44. The van der Waals surface area contributed by atoms with Crippen LogP contribution in [0.1, 0.15) is 69.3 Å². The molecule has 0 N–H and O–H groups in total. The fourth-order valence-corrected chi connectivity index (χ4v) is 6.37. The molecular formula is C33H36ClN7O2. The molecule has 1 saturated carbocycles. The molecule has 1 aliphatic carbocycles. The fraction of sp³-hybridized carbons (Fsp3) is 0.394. The highest BCUT2D eigenvalue weighted by molar-refractivity contribution is 6.34. The van der Waals surface area contributed by atoms with Crippen molar-refractivity contribution >= 4 is 34.4 Å². The van der Waals surface area contributed by atoms with Crippen molar-refractivity contribution in [3.8, 4) is 16.9 Å². The first-order chi connectivity index (χ1) is 20.6.